The van der Waals surface area contributed by atoms with Crippen molar-refractivity contribution in [2.75, 3.05) is 13.4 Å². The number of carbonyl (C=O) groups is 1. The van der Waals surface area contributed by atoms with Crippen LogP contribution in [-0.4, -0.2) is 34.0 Å². The molecule has 1 aromatic carbocycles. The number of imidazole rings is 1. The first kappa shape index (κ1) is 13.5. The van der Waals surface area contributed by atoms with E-state index in [1.807, 2.05) is 24.5 Å². The van der Waals surface area contributed by atoms with Gasteiger partial charge in [-0.3, -0.25) is 0 Å². The summed E-state index contributed by atoms with van der Waals surface area (Å²) in [5.41, 5.74) is 1.41. The fraction of sp³-hybridized carbons (Fsp3) is 0.231. The molecule has 0 aliphatic heterocycles. The Morgan fingerprint density at radius 1 is 1.47 bits per heavy atom. The zero-order valence-corrected chi connectivity index (χ0v) is 11.7. The minimum Gasteiger partial charge on any atom is -0.497 e. The Balaban J connectivity index is 2.65. The van der Waals surface area contributed by atoms with Crippen LogP contribution >= 0.6 is 11.8 Å². The van der Waals surface area contributed by atoms with Gasteiger partial charge >= 0.3 is 5.97 Å². The van der Waals surface area contributed by atoms with E-state index in [0.717, 1.165) is 5.56 Å². The predicted octanol–water partition coefficient (Wildman–Crippen LogP) is 2.52. The van der Waals surface area contributed by atoms with Crippen molar-refractivity contribution >= 4 is 17.7 Å². The van der Waals surface area contributed by atoms with Gasteiger partial charge in [-0.25, -0.2) is 9.78 Å². The third-order valence-corrected chi connectivity index (χ3v) is 3.51. The molecule has 0 atom stereocenters. The molecule has 0 aliphatic carbocycles. The number of rotatable bonds is 4. The highest BCUT2D eigenvalue weighted by molar-refractivity contribution is 7.98. The van der Waals surface area contributed by atoms with Gasteiger partial charge in [-0.15, -0.1) is 0 Å². The van der Waals surface area contributed by atoms with Crippen LogP contribution in [0.2, 0.25) is 0 Å². The number of carboxylic acid groups (broad SMARTS) is 1. The topological polar surface area (TPSA) is 64.3 Å². The molecule has 1 N–H and O–H groups in total. The zero-order valence-electron chi connectivity index (χ0n) is 10.9. The summed E-state index contributed by atoms with van der Waals surface area (Å²) >= 11 is 1.41. The van der Waals surface area contributed by atoms with Gasteiger partial charge in [0.2, 0.25) is 0 Å². The number of hydrogen-bond donors (Lipinski definition) is 1. The number of methoxy groups -OCH3 is 1. The van der Waals surface area contributed by atoms with Gasteiger partial charge in [-0.1, -0.05) is 23.9 Å². The lowest BCUT2D eigenvalue weighted by molar-refractivity contribution is 0.0691. The van der Waals surface area contributed by atoms with Crippen molar-refractivity contribution in [3.63, 3.8) is 0 Å². The zero-order chi connectivity index (χ0) is 14.0. The quantitative estimate of drug-likeness (QED) is 0.871. The molecule has 1 heterocycles. The molecule has 0 spiro atoms. The molecular weight excluding hydrogens is 264 g/mol. The maximum atomic E-state index is 11.3. The van der Waals surface area contributed by atoms with E-state index in [0.29, 0.717) is 16.6 Å². The van der Waals surface area contributed by atoms with Crippen molar-refractivity contribution < 1.29 is 14.6 Å². The summed E-state index contributed by atoms with van der Waals surface area (Å²) in [4.78, 5) is 15.5. The third kappa shape index (κ3) is 2.44. The molecule has 0 saturated heterocycles. The van der Waals surface area contributed by atoms with Gasteiger partial charge < -0.3 is 14.4 Å². The number of ether oxygens (including phenoxy) is 1. The molecule has 19 heavy (non-hydrogen) atoms. The molecule has 1 aromatic heterocycles. The van der Waals surface area contributed by atoms with Gasteiger partial charge in [0.25, 0.3) is 0 Å². The van der Waals surface area contributed by atoms with E-state index in [-0.39, 0.29) is 5.69 Å². The van der Waals surface area contributed by atoms with E-state index in [1.54, 1.807) is 24.8 Å². The Morgan fingerprint density at radius 3 is 2.79 bits per heavy atom. The lowest BCUT2D eigenvalue weighted by Crippen LogP contribution is -2.01. The van der Waals surface area contributed by atoms with Gasteiger partial charge in [0.15, 0.2) is 10.9 Å². The van der Waals surface area contributed by atoms with Crippen molar-refractivity contribution in [3.8, 4) is 17.0 Å². The van der Waals surface area contributed by atoms with Crippen molar-refractivity contribution in [2.45, 2.75) is 5.16 Å². The van der Waals surface area contributed by atoms with Crippen LogP contribution in [0.15, 0.2) is 29.4 Å². The fourth-order valence-electron chi connectivity index (χ4n) is 1.91. The van der Waals surface area contributed by atoms with E-state index in [2.05, 4.69) is 4.98 Å². The molecule has 2 rings (SSSR count). The smallest absolute Gasteiger partial charge is 0.356 e. The normalized spacial score (nSPS) is 10.5. The Labute approximate surface area is 115 Å². The fourth-order valence-corrected chi connectivity index (χ4v) is 2.46. The summed E-state index contributed by atoms with van der Waals surface area (Å²) in [7, 11) is 3.38. The molecule has 0 bridgehead atoms. The number of aromatic carboxylic acids is 1. The van der Waals surface area contributed by atoms with Gasteiger partial charge in [-0.2, -0.15) is 0 Å². The second-order valence-corrected chi connectivity index (χ2v) is 4.67. The van der Waals surface area contributed by atoms with Crippen LogP contribution in [-0.2, 0) is 7.05 Å². The van der Waals surface area contributed by atoms with Crippen LogP contribution in [0.5, 0.6) is 5.75 Å². The van der Waals surface area contributed by atoms with Crippen LogP contribution in [0.4, 0.5) is 0 Å². The maximum absolute atomic E-state index is 11.3. The number of thioether (sulfide) groups is 1. The number of carboxylic acids is 1. The second kappa shape index (κ2) is 5.36. The van der Waals surface area contributed by atoms with Crippen LogP contribution < -0.4 is 4.74 Å². The first-order chi connectivity index (χ1) is 9.08. The first-order valence-electron chi connectivity index (χ1n) is 5.57. The molecule has 2 aromatic rings. The highest BCUT2D eigenvalue weighted by atomic mass is 32.2. The van der Waals surface area contributed by atoms with Crippen molar-refractivity contribution in [1.29, 1.82) is 0 Å². The molecule has 100 valence electrons. The van der Waals surface area contributed by atoms with Crippen LogP contribution in [0.3, 0.4) is 0 Å². The van der Waals surface area contributed by atoms with Crippen LogP contribution in [0.1, 0.15) is 10.5 Å². The summed E-state index contributed by atoms with van der Waals surface area (Å²) < 4.78 is 6.95. The molecule has 0 amide bonds. The minimum absolute atomic E-state index is 0.0557. The van der Waals surface area contributed by atoms with E-state index in [1.165, 1.54) is 11.8 Å². The average molecular weight is 278 g/mol. The summed E-state index contributed by atoms with van der Waals surface area (Å²) in [6.45, 7) is 0. The highest BCUT2D eigenvalue weighted by Crippen LogP contribution is 2.30. The molecule has 0 fully saturated rings. The highest BCUT2D eigenvalue weighted by Gasteiger charge is 2.21. The van der Waals surface area contributed by atoms with Crippen LogP contribution in [0, 0.1) is 0 Å². The van der Waals surface area contributed by atoms with E-state index in [4.69, 9.17) is 4.74 Å². The Hall–Kier alpha value is -1.95. The molecule has 6 heteroatoms. The molecule has 0 radical (unpaired) electrons. The van der Waals surface area contributed by atoms with Gasteiger partial charge in [-0.05, 0) is 18.4 Å². The van der Waals surface area contributed by atoms with Gasteiger partial charge in [0.1, 0.15) is 5.75 Å². The molecule has 0 aliphatic rings. The Morgan fingerprint density at radius 2 is 2.21 bits per heavy atom. The average Bonchev–Trinajstić information content (AvgIpc) is 2.76. The number of hydrogen-bond acceptors (Lipinski definition) is 4. The lowest BCUT2D eigenvalue weighted by Gasteiger charge is -2.07. The lowest BCUT2D eigenvalue weighted by atomic mass is 10.1. The van der Waals surface area contributed by atoms with Crippen molar-refractivity contribution in [1.82, 2.24) is 9.55 Å². The standard InChI is InChI=1S/C13H14N2O3S/c1-15-11(8-5-4-6-9(7-8)18-2)10(12(16)17)14-13(15)19-3/h4-7H,1-3H3,(H,16,17). The molecule has 5 nitrogen and oxygen atoms in total. The van der Waals surface area contributed by atoms with Gasteiger partial charge in [0.05, 0.1) is 12.8 Å². The monoisotopic (exact) mass is 278 g/mol. The maximum Gasteiger partial charge on any atom is 0.356 e. The molecular formula is C13H14N2O3S. The molecule has 0 unspecified atom stereocenters. The second-order valence-electron chi connectivity index (χ2n) is 3.89. The number of aromatic nitrogens is 2. The minimum atomic E-state index is -1.03. The first-order valence-corrected chi connectivity index (χ1v) is 6.79. The summed E-state index contributed by atoms with van der Waals surface area (Å²) in [5.74, 6) is -0.352. The SMILES string of the molecule is COc1cccc(-c2c(C(=O)O)nc(SC)n2C)c1. The Kier molecular flexibility index (Phi) is 3.80. The largest absolute Gasteiger partial charge is 0.497 e. The predicted molar refractivity (Wildman–Crippen MR) is 73.9 cm³/mol. The number of nitrogens with zero attached hydrogens (tertiary/aromatic N) is 2. The summed E-state index contributed by atoms with van der Waals surface area (Å²) in [6, 6.07) is 7.28. The van der Waals surface area contributed by atoms with E-state index >= 15 is 0 Å². The summed E-state index contributed by atoms with van der Waals surface area (Å²) in [5, 5.41) is 9.93. The van der Waals surface area contributed by atoms with Crippen molar-refractivity contribution in [2.24, 2.45) is 7.05 Å². The summed E-state index contributed by atoms with van der Waals surface area (Å²) in [6.07, 6.45) is 1.86. The van der Waals surface area contributed by atoms with Crippen LogP contribution in [0.25, 0.3) is 11.3 Å². The van der Waals surface area contributed by atoms with Gasteiger partial charge in [0, 0.05) is 12.6 Å². The molecule has 0 saturated carbocycles. The Bertz CT molecular complexity index is 622. The number of benzene rings is 1. The van der Waals surface area contributed by atoms with Crippen molar-refractivity contribution in [3.05, 3.63) is 30.0 Å². The van der Waals surface area contributed by atoms with E-state index < -0.39 is 5.97 Å². The van der Waals surface area contributed by atoms with E-state index in [9.17, 15) is 9.90 Å². The third-order valence-electron chi connectivity index (χ3n) is 2.78.